The summed E-state index contributed by atoms with van der Waals surface area (Å²) in [5.41, 5.74) is -0.622. The number of aryl methyl sites for hydroxylation is 1. The molecule has 4 N–H and O–H groups in total. The molecular weight excluding hydrogens is 336 g/mol. The maximum absolute atomic E-state index is 12.8. The van der Waals surface area contributed by atoms with Gasteiger partial charge >= 0.3 is 11.9 Å². The number of carboxylic acid groups (broad SMARTS) is 2. The van der Waals surface area contributed by atoms with Crippen LogP contribution >= 0.6 is 0 Å². The van der Waals surface area contributed by atoms with Gasteiger partial charge in [0.15, 0.2) is 11.3 Å². The molecule has 2 unspecified atom stereocenters. The second-order valence-corrected chi connectivity index (χ2v) is 6.76. The Balaban J connectivity index is 2.03. The fourth-order valence-electron chi connectivity index (χ4n) is 3.38. The van der Waals surface area contributed by atoms with Crippen molar-refractivity contribution in [3.8, 4) is 0 Å². The van der Waals surface area contributed by atoms with Crippen molar-refractivity contribution in [2.75, 3.05) is 6.54 Å². The van der Waals surface area contributed by atoms with Gasteiger partial charge in [-0.3, -0.25) is 20.2 Å². The number of nitrogens with one attached hydrogen (secondary N) is 2. The van der Waals surface area contributed by atoms with E-state index >= 15 is 0 Å². The highest BCUT2D eigenvalue weighted by Crippen LogP contribution is 2.22. The summed E-state index contributed by atoms with van der Waals surface area (Å²) in [7, 11) is 0. The third-order valence-electron chi connectivity index (χ3n) is 4.90. The summed E-state index contributed by atoms with van der Waals surface area (Å²) < 4.78 is 0. The lowest BCUT2D eigenvalue weighted by molar-refractivity contribution is -0.152. The Morgan fingerprint density at radius 3 is 2.42 bits per heavy atom. The molecule has 0 radical (unpaired) electrons. The summed E-state index contributed by atoms with van der Waals surface area (Å²) in [6.45, 7) is 1.99. The van der Waals surface area contributed by atoms with Crippen LogP contribution in [0.5, 0.6) is 0 Å². The third kappa shape index (κ3) is 4.68. The summed E-state index contributed by atoms with van der Waals surface area (Å²) >= 11 is 0. The summed E-state index contributed by atoms with van der Waals surface area (Å²) in [6.07, 6.45) is 2.54. The minimum Gasteiger partial charge on any atom is -0.480 e. The molecular formula is C19H26N2O5. The van der Waals surface area contributed by atoms with Crippen molar-refractivity contribution in [2.45, 2.75) is 56.7 Å². The first-order valence-electron chi connectivity index (χ1n) is 8.92. The molecule has 0 amide bonds. The standard InChI is InChI=1S/C19H26N2O5/c1-13(16(22)19(18(25)26)11-5-6-12-20-19)21-15(17(23)24)10-9-14-7-3-2-4-8-14/h2-4,7-8,13,15,20-21H,5-6,9-12H2,1H3,(H,23,24)(H,25,26)/t13-,15?,19?/m0/s1. The van der Waals surface area contributed by atoms with Crippen molar-refractivity contribution in [3.05, 3.63) is 35.9 Å². The summed E-state index contributed by atoms with van der Waals surface area (Å²) in [5, 5.41) is 24.7. The average molecular weight is 362 g/mol. The van der Waals surface area contributed by atoms with Crippen LogP contribution in [0.3, 0.4) is 0 Å². The number of piperidine rings is 1. The van der Waals surface area contributed by atoms with Crippen molar-refractivity contribution in [2.24, 2.45) is 0 Å². The summed E-state index contributed by atoms with van der Waals surface area (Å²) in [4.78, 5) is 36.1. The van der Waals surface area contributed by atoms with Gasteiger partial charge in [0.25, 0.3) is 0 Å². The van der Waals surface area contributed by atoms with E-state index in [4.69, 9.17) is 0 Å². The molecule has 0 aromatic heterocycles. The van der Waals surface area contributed by atoms with Gasteiger partial charge in [0.05, 0.1) is 6.04 Å². The van der Waals surface area contributed by atoms with Gasteiger partial charge in [-0.25, -0.2) is 4.79 Å². The molecule has 1 aliphatic heterocycles. The Morgan fingerprint density at radius 2 is 1.88 bits per heavy atom. The first-order chi connectivity index (χ1) is 12.4. The Bertz CT molecular complexity index is 641. The molecule has 1 fully saturated rings. The number of carbonyl (C=O) groups excluding carboxylic acids is 1. The van der Waals surface area contributed by atoms with E-state index in [-0.39, 0.29) is 6.42 Å². The van der Waals surface area contributed by atoms with Crippen LogP contribution in [0.1, 0.15) is 38.2 Å². The van der Waals surface area contributed by atoms with Crippen molar-refractivity contribution in [3.63, 3.8) is 0 Å². The zero-order valence-corrected chi connectivity index (χ0v) is 14.9. The van der Waals surface area contributed by atoms with E-state index in [9.17, 15) is 24.6 Å². The van der Waals surface area contributed by atoms with Crippen LogP contribution in [0.4, 0.5) is 0 Å². The van der Waals surface area contributed by atoms with E-state index in [2.05, 4.69) is 10.6 Å². The lowest BCUT2D eigenvalue weighted by atomic mass is 9.82. The molecule has 1 saturated heterocycles. The van der Waals surface area contributed by atoms with Crippen LogP contribution in [0.2, 0.25) is 0 Å². The van der Waals surface area contributed by atoms with Crippen LogP contribution in [-0.4, -0.2) is 52.1 Å². The van der Waals surface area contributed by atoms with Gasteiger partial charge in [-0.05, 0) is 51.1 Å². The largest absolute Gasteiger partial charge is 0.480 e. The molecule has 142 valence electrons. The van der Waals surface area contributed by atoms with E-state index in [0.717, 1.165) is 12.0 Å². The molecule has 1 heterocycles. The van der Waals surface area contributed by atoms with E-state index in [1.54, 1.807) is 0 Å². The van der Waals surface area contributed by atoms with E-state index in [1.165, 1.54) is 6.92 Å². The van der Waals surface area contributed by atoms with Gasteiger partial charge < -0.3 is 10.2 Å². The molecule has 3 atom stereocenters. The molecule has 7 nitrogen and oxygen atoms in total. The number of ketones is 1. The molecule has 1 aliphatic rings. The Morgan fingerprint density at radius 1 is 1.19 bits per heavy atom. The molecule has 0 bridgehead atoms. The van der Waals surface area contributed by atoms with Gasteiger partial charge in [-0.2, -0.15) is 0 Å². The monoisotopic (exact) mass is 362 g/mol. The number of hydrogen-bond acceptors (Lipinski definition) is 5. The predicted octanol–water partition coefficient (Wildman–Crippen LogP) is 1.22. The highest BCUT2D eigenvalue weighted by Gasteiger charge is 2.48. The van der Waals surface area contributed by atoms with Crippen LogP contribution in [0.15, 0.2) is 30.3 Å². The molecule has 0 spiro atoms. The van der Waals surface area contributed by atoms with E-state index in [0.29, 0.717) is 25.8 Å². The number of Topliss-reactive ketones (excluding diaryl/α,β-unsaturated/α-hetero) is 1. The van der Waals surface area contributed by atoms with Crippen molar-refractivity contribution in [1.82, 2.24) is 10.6 Å². The van der Waals surface area contributed by atoms with Crippen molar-refractivity contribution in [1.29, 1.82) is 0 Å². The molecule has 0 saturated carbocycles. The lowest BCUT2D eigenvalue weighted by Crippen LogP contribution is -2.65. The number of hydrogen-bond donors (Lipinski definition) is 4. The smallest absolute Gasteiger partial charge is 0.331 e. The van der Waals surface area contributed by atoms with E-state index < -0.39 is 35.3 Å². The maximum Gasteiger partial charge on any atom is 0.331 e. The van der Waals surface area contributed by atoms with Crippen molar-refractivity contribution >= 4 is 17.7 Å². The van der Waals surface area contributed by atoms with Gasteiger partial charge in [0.1, 0.15) is 6.04 Å². The van der Waals surface area contributed by atoms with Crippen molar-refractivity contribution < 1.29 is 24.6 Å². The predicted molar refractivity (Wildman–Crippen MR) is 96.0 cm³/mol. The summed E-state index contributed by atoms with van der Waals surface area (Å²) in [6, 6.07) is 7.68. The normalized spacial score (nSPS) is 22.3. The number of carboxylic acids is 2. The molecule has 1 aromatic carbocycles. The van der Waals surface area contributed by atoms with Crippen LogP contribution in [-0.2, 0) is 20.8 Å². The Hall–Kier alpha value is -2.25. The Labute approximate surface area is 152 Å². The van der Waals surface area contributed by atoms with Crippen LogP contribution in [0.25, 0.3) is 0 Å². The molecule has 0 aliphatic carbocycles. The van der Waals surface area contributed by atoms with Crippen LogP contribution < -0.4 is 10.6 Å². The quantitative estimate of drug-likeness (QED) is 0.488. The fourth-order valence-corrected chi connectivity index (χ4v) is 3.38. The molecule has 1 aromatic rings. The number of benzene rings is 1. The number of rotatable bonds is 9. The lowest BCUT2D eigenvalue weighted by Gasteiger charge is -2.35. The first-order valence-corrected chi connectivity index (χ1v) is 8.92. The molecule has 2 rings (SSSR count). The molecule has 7 heteroatoms. The Kier molecular flexibility index (Phi) is 6.88. The fraction of sp³-hybridized carbons (Fsp3) is 0.526. The SMILES string of the molecule is C[C@H](NC(CCc1ccccc1)C(=O)O)C(=O)C1(C(=O)O)CCCCN1. The minimum atomic E-state index is -1.63. The zero-order valence-electron chi connectivity index (χ0n) is 14.9. The van der Waals surface area contributed by atoms with E-state index in [1.807, 2.05) is 30.3 Å². The highest BCUT2D eigenvalue weighted by molar-refractivity contribution is 6.10. The maximum atomic E-state index is 12.8. The highest BCUT2D eigenvalue weighted by atomic mass is 16.4. The van der Waals surface area contributed by atoms with Crippen LogP contribution in [0, 0.1) is 0 Å². The van der Waals surface area contributed by atoms with Gasteiger partial charge in [-0.1, -0.05) is 30.3 Å². The molecule has 26 heavy (non-hydrogen) atoms. The second kappa shape index (κ2) is 8.91. The van der Waals surface area contributed by atoms with Gasteiger partial charge in [0.2, 0.25) is 0 Å². The first kappa shape index (κ1) is 20.1. The number of carbonyl (C=O) groups is 3. The zero-order chi connectivity index (χ0) is 19.2. The average Bonchev–Trinajstić information content (AvgIpc) is 2.65. The third-order valence-corrected chi connectivity index (χ3v) is 4.90. The number of aliphatic carboxylic acids is 2. The summed E-state index contributed by atoms with van der Waals surface area (Å²) in [5.74, 6) is -2.77. The topological polar surface area (TPSA) is 116 Å². The minimum absolute atomic E-state index is 0.217. The second-order valence-electron chi connectivity index (χ2n) is 6.76. The van der Waals surface area contributed by atoms with Gasteiger partial charge in [0, 0.05) is 0 Å². The van der Waals surface area contributed by atoms with Gasteiger partial charge in [-0.15, -0.1) is 0 Å².